The number of hydrogen-bond acceptors (Lipinski definition) is 1. The molecule has 1 heterocycles. The summed E-state index contributed by atoms with van der Waals surface area (Å²) < 4.78 is 6.80. The van der Waals surface area contributed by atoms with E-state index < -0.39 is 0 Å². The number of fused-ring (bicyclic) bond motifs is 6. The number of ether oxygens (including phenoxy) is 1. The molecule has 0 spiro atoms. The first-order valence-electron chi connectivity index (χ1n) is 14.7. The van der Waals surface area contributed by atoms with Crippen molar-refractivity contribution in [2.75, 3.05) is 0 Å². The molecule has 9 rings (SSSR count). The Hall–Kier alpha value is -4.88. The molecule has 1 unspecified atom stereocenters. The van der Waals surface area contributed by atoms with Gasteiger partial charge in [0, 0.05) is 22.4 Å². The third-order valence-electron chi connectivity index (χ3n) is 9.24. The van der Waals surface area contributed by atoms with Crippen LogP contribution >= 0.6 is 0 Å². The van der Waals surface area contributed by atoms with Gasteiger partial charge < -0.3 is 4.74 Å². The van der Waals surface area contributed by atoms with Crippen molar-refractivity contribution in [2.24, 2.45) is 5.92 Å². The maximum atomic E-state index is 6.80. The normalized spacial score (nSPS) is 18.1. The Morgan fingerprint density at radius 3 is 2.56 bits per heavy atom. The third kappa shape index (κ3) is 3.49. The van der Waals surface area contributed by atoms with E-state index in [0.29, 0.717) is 5.92 Å². The first-order valence-corrected chi connectivity index (χ1v) is 14.7. The van der Waals surface area contributed by atoms with Crippen LogP contribution in [0.5, 0.6) is 11.5 Å². The van der Waals surface area contributed by atoms with Gasteiger partial charge in [0.1, 0.15) is 11.5 Å². The molecule has 41 heavy (non-hydrogen) atoms. The van der Waals surface area contributed by atoms with Gasteiger partial charge >= 0.3 is 0 Å². The number of allylic oxidation sites excluding steroid dienone is 9. The predicted molar refractivity (Wildman–Crippen MR) is 172 cm³/mol. The largest absolute Gasteiger partial charge is 0.455 e. The fourth-order valence-corrected chi connectivity index (χ4v) is 7.24. The zero-order valence-electron chi connectivity index (χ0n) is 22.7. The summed E-state index contributed by atoms with van der Waals surface area (Å²) in [5, 5.41) is 5.02. The molecule has 0 radical (unpaired) electrons. The molecule has 5 aromatic rings. The molecule has 0 fully saturated rings. The molecule has 1 nitrogen and oxygen atoms in total. The van der Waals surface area contributed by atoms with Crippen molar-refractivity contribution in [1.29, 1.82) is 0 Å². The molecule has 5 aromatic carbocycles. The van der Waals surface area contributed by atoms with Crippen LogP contribution in [0.4, 0.5) is 0 Å². The summed E-state index contributed by atoms with van der Waals surface area (Å²) in [5.74, 6) is 2.28. The summed E-state index contributed by atoms with van der Waals surface area (Å²) in [6.07, 6.45) is 19.6. The third-order valence-corrected chi connectivity index (χ3v) is 9.24. The molecule has 1 atom stereocenters. The summed E-state index contributed by atoms with van der Waals surface area (Å²) >= 11 is 0. The van der Waals surface area contributed by atoms with Crippen molar-refractivity contribution in [3.63, 3.8) is 0 Å². The van der Waals surface area contributed by atoms with Crippen molar-refractivity contribution in [3.8, 4) is 22.6 Å². The standard InChI is InChI=1S/C40H28O/c1-2-9-26-22-27(17-16-25(26)8-1)28-18-19-30-24-31(21-20-29(30)23-28)38-34-12-4-3-10-32(34)35-13-7-14-36-33-11-5-6-15-37(33)41-40(38)39(35)36/h1,3-8,10-23,30H,2,9,24H2. The van der Waals surface area contributed by atoms with Gasteiger partial charge in [-0.25, -0.2) is 0 Å². The first kappa shape index (κ1) is 22.9. The summed E-state index contributed by atoms with van der Waals surface area (Å²) in [5.41, 5.74) is 11.8. The average molecular weight is 525 g/mol. The zero-order valence-corrected chi connectivity index (χ0v) is 22.7. The predicted octanol–water partition coefficient (Wildman–Crippen LogP) is 10.7. The van der Waals surface area contributed by atoms with Crippen LogP contribution in [-0.2, 0) is 6.42 Å². The molecule has 0 saturated heterocycles. The van der Waals surface area contributed by atoms with E-state index in [-0.39, 0.29) is 0 Å². The van der Waals surface area contributed by atoms with Crippen LogP contribution < -0.4 is 4.74 Å². The molecule has 3 aliphatic carbocycles. The molecule has 0 N–H and O–H groups in total. The summed E-state index contributed by atoms with van der Waals surface area (Å²) in [6, 6.07) is 30.9. The second kappa shape index (κ2) is 8.81. The Morgan fingerprint density at radius 2 is 1.59 bits per heavy atom. The highest BCUT2D eigenvalue weighted by Crippen LogP contribution is 2.53. The van der Waals surface area contributed by atoms with Crippen LogP contribution in [0.3, 0.4) is 0 Å². The van der Waals surface area contributed by atoms with Gasteiger partial charge in [-0.1, -0.05) is 121 Å². The second-order valence-electron chi connectivity index (χ2n) is 11.6. The number of rotatable bonds is 2. The maximum absolute atomic E-state index is 6.80. The molecular formula is C40H28O. The van der Waals surface area contributed by atoms with Gasteiger partial charge in [-0.3, -0.25) is 0 Å². The van der Waals surface area contributed by atoms with Crippen LogP contribution in [0, 0.1) is 5.92 Å². The van der Waals surface area contributed by atoms with Crippen LogP contribution in [-0.4, -0.2) is 0 Å². The Bertz CT molecular complexity index is 2100. The van der Waals surface area contributed by atoms with Gasteiger partial charge in [-0.2, -0.15) is 0 Å². The van der Waals surface area contributed by atoms with E-state index >= 15 is 0 Å². The van der Waals surface area contributed by atoms with Crippen molar-refractivity contribution >= 4 is 38.8 Å². The molecular weight excluding hydrogens is 496 g/mol. The molecule has 4 aliphatic rings. The van der Waals surface area contributed by atoms with E-state index in [1.54, 1.807) is 0 Å². The number of para-hydroxylation sites is 1. The van der Waals surface area contributed by atoms with Crippen LogP contribution in [0.2, 0.25) is 0 Å². The highest BCUT2D eigenvalue weighted by atomic mass is 16.5. The minimum absolute atomic E-state index is 0.354. The van der Waals surface area contributed by atoms with Gasteiger partial charge in [0.15, 0.2) is 0 Å². The summed E-state index contributed by atoms with van der Waals surface area (Å²) in [6.45, 7) is 0. The van der Waals surface area contributed by atoms with Crippen molar-refractivity contribution in [1.82, 2.24) is 0 Å². The molecule has 0 aromatic heterocycles. The lowest BCUT2D eigenvalue weighted by atomic mass is 9.78. The minimum Gasteiger partial charge on any atom is -0.455 e. The SMILES string of the molecule is C1=Cc2ccc(C3=CC4=CC=C(c5c6c7c(cccc7c7ccccc57)-c5ccccc5O6)CC4C=C3)cc2CC1. The van der Waals surface area contributed by atoms with Gasteiger partial charge in [-0.05, 0) is 80.5 Å². The molecule has 1 aliphatic heterocycles. The van der Waals surface area contributed by atoms with Gasteiger partial charge in [-0.15, -0.1) is 0 Å². The molecule has 0 amide bonds. The molecule has 194 valence electrons. The van der Waals surface area contributed by atoms with Gasteiger partial charge in [0.25, 0.3) is 0 Å². The number of benzene rings is 5. The van der Waals surface area contributed by atoms with E-state index in [1.807, 2.05) is 0 Å². The van der Waals surface area contributed by atoms with E-state index in [1.165, 1.54) is 66.1 Å². The van der Waals surface area contributed by atoms with E-state index in [0.717, 1.165) is 36.3 Å². The first-order chi connectivity index (χ1) is 20.3. The average Bonchev–Trinajstić information content (AvgIpc) is 3.04. The summed E-state index contributed by atoms with van der Waals surface area (Å²) in [4.78, 5) is 0. The lowest BCUT2D eigenvalue weighted by molar-refractivity contribution is 0.486. The van der Waals surface area contributed by atoms with Crippen molar-refractivity contribution in [2.45, 2.75) is 19.3 Å². The van der Waals surface area contributed by atoms with Gasteiger partial charge in [0.2, 0.25) is 0 Å². The van der Waals surface area contributed by atoms with Crippen LogP contribution in [0.25, 0.3) is 49.9 Å². The monoisotopic (exact) mass is 524 g/mol. The second-order valence-corrected chi connectivity index (χ2v) is 11.6. The number of aryl methyl sites for hydroxylation is 1. The Labute approximate surface area is 240 Å². The fraction of sp³-hybridized carbons (Fsp3) is 0.100. The Morgan fingerprint density at radius 1 is 0.732 bits per heavy atom. The van der Waals surface area contributed by atoms with Gasteiger partial charge in [0.05, 0.1) is 0 Å². The van der Waals surface area contributed by atoms with E-state index in [4.69, 9.17) is 4.74 Å². The topological polar surface area (TPSA) is 9.23 Å². The fourth-order valence-electron chi connectivity index (χ4n) is 7.24. The molecule has 1 heteroatoms. The molecule has 0 saturated carbocycles. The maximum Gasteiger partial charge on any atom is 0.144 e. The highest BCUT2D eigenvalue weighted by Gasteiger charge is 2.29. The van der Waals surface area contributed by atoms with E-state index in [9.17, 15) is 0 Å². The van der Waals surface area contributed by atoms with Crippen molar-refractivity contribution < 1.29 is 4.74 Å². The Kier molecular flexibility index (Phi) is 4.92. The van der Waals surface area contributed by atoms with E-state index in [2.05, 4.69) is 127 Å². The molecule has 0 bridgehead atoms. The lowest BCUT2D eigenvalue weighted by Gasteiger charge is -2.29. The minimum atomic E-state index is 0.354. The number of hydrogen-bond donors (Lipinski definition) is 0. The smallest absolute Gasteiger partial charge is 0.144 e. The highest BCUT2D eigenvalue weighted by molar-refractivity contribution is 6.20. The van der Waals surface area contributed by atoms with Crippen LogP contribution in [0.15, 0.2) is 127 Å². The zero-order chi connectivity index (χ0) is 26.9. The van der Waals surface area contributed by atoms with Crippen LogP contribution in [0.1, 0.15) is 35.1 Å². The Balaban J connectivity index is 1.20. The quantitative estimate of drug-likeness (QED) is 0.205. The lowest BCUT2D eigenvalue weighted by Crippen LogP contribution is -2.10. The summed E-state index contributed by atoms with van der Waals surface area (Å²) in [7, 11) is 0. The van der Waals surface area contributed by atoms with Crippen molar-refractivity contribution in [3.05, 3.63) is 149 Å².